The van der Waals surface area contributed by atoms with Crippen molar-refractivity contribution in [2.45, 2.75) is 36.5 Å². The predicted molar refractivity (Wildman–Crippen MR) is 82.5 cm³/mol. The highest BCUT2D eigenvalue weighted by Gasteiger charge is 2.64. The van der Waals surface area contributed by atoms with Crippen molar-refractivity contribution in [1.82, 2.24) is 4.90 Å². The molecule has 0 saturated carbocycles. The lowest BCUT2D eigenvalue weighted by atomic mass is 9.53. The summed E-state index contributed by atoms with van der Waals surface area (Å²) < 4.78 is 11.8. The van der Waals surface area contributed by atoms with Crippen molar-refractivity contribution < 1.29 is 14.6 Å². The van der Waals surface area contributed by atoms with Crippen LogP contribution in [0.2, 0.25) is 0 Å². The molecular formula is C18H21NO3. The molecule has 2 aliphatic heterocycles. The molecule has 2 bridgehead atoms. The predicted octanol–water partition coefficient (Wildman–Crippen LogP) is 1.50. The van der Waals surface area contributed by atoms with Crippen LogP contribution in [0.3, 0.4) is 0 Å². The van der Waals surface area contributed by atoms with Crippen LogP contribution >= 0.6 is 0 Å². The summed E-state index contributed by atoms with van der Waals surface area (Å²) in [7, 11) is 3.91. The molecular weight excluding hydrogens is 278 g/mol. The van der Waals surface area contributed by atoms with Gasteiger partial charge in [0.2, 0.25) is 0 Å². The number of likely N-dealkylation sites (tertiary alicyclic amines) is 1. The third-order valence-electron chi connectivity index (χ3n) is 6.35. The summed E-state index contributed by atoms with van der Waals surface area (Å²) in [6.45, 7) is 1.05. The third kappa shape index (κ3) is 1.28. The Morgan fingerprint density at radius 2 is 2.23 bits per heavy atom. The van der Waals surface area contributed by atoms with Crippen LogP contribution < -0.4 is 9.47 Å². The molecule has 1 spiro atoms. The number of likely N-dealkylation sites (N-methyl/N-ethyl adjacent to an activating group) is 1. The summed E-state index contributed by atoms with van der Waals surface area (Å²) >= 11 is 0. The summed E-state index contributed by atoms with van der Waals surface area (Å²) in [5.74, 6) is 2.09. The molecule has 1 fully saturated rings. The Labute approximate surface area is 130 Å². The number of rotatable bonds is 1. The fourth-order valence-electron chi connectivity index (χ4n) is 5.39. The van der Waals surface area contributed by atoms with Gasteiger partial charge in [0.25, 0.3) is 0 Å². The molecule has 4 aliphatic rings. The highest BCUT2D eigenvalue weighted by atomic mass is 16.5. The molecule has 0 radical (unpaired) electrons. The molecule has 1 saturated heterocycles. The van der Waals surface area contributed by atoms with E-state index in [4.69, 9.17) is 9.47 Å². The molecule has 2 heterocycles. The van der Waals surface area contributed by atoms with Crippen molar-refractivity contribution in [3.05, 3.63) is 35.4 Å². The van der Waals surface area contributed by atoms with Gasteiger partial charge in [-0.1, -0.05) is 18.2 Å². The molecule has 4 nitrogen and oxygen atoms in total. The van der Waals surface area contributed by atoms with E-state index in [0.717, 1.165) is 30.9 Å². The quantitative estimate of drug-likeness (QED) is 0.798. The normalized spacial score (nSPS) is 41.0. The highest BCUT2D eigenvalue weighted by molar-refractivity contribution is 5.62. The van der Waals surface area contributed by atoms with E-state index in [2.05, 4.69) is 24.1 Å². The number of aliphatic hydroxyl groups excluding tert-OH is 1. The van der Waals surface area contributed by atoms with Crippen LogP contribution in [0.4, 0.5) is 0 Å². The minimum atomic E-state index is -0.539. The molecule has 5 atom stereocenters. The molecule has 5 rings (SSSR count). The fourth-order valence-corrected chi connectivity index (χ4v) is 5.39. The van der Waals surface area contributed by atoms with Crippen LogP contribution in [-0.2, 0) is 11.8 Å². The summed E-state index contributed by atoms with van der Waals surface area (Å²) in [6, 6.07) is 4.70. The summed E-state index contributed by atoms with van der Waals surface area (Å²) in [6.07, 6.45) is 5.54. The first-order valence-corrected chi connectivity index (χ1v) is 8.10. The van der Waals surface area contributed by atoms with Gasteiger partial charge in [0, 0.05) is 22.9 Å². The maximum absolute atomic E-state index is 10.6. The van der Waals surface area contributed by atoms with Crippen LogP contribution in [0.25, 0.3) is 0 Å². The van der Waals surface area contributed by atoms with E-state index in [1.807, 2.05) is 12.1 Å². The minimum absolute atomic E-state index is 0.0806. The Morgan fingerprint density at radius 3 is 3.05 bits per heavy atom. The van der Waals surface area contributed by atoms with Crippen LogP contribution in [0.1, 0.15) is 17.5 Å². The topological polar surface area (TPSA) is 41.9 Å². The molecule has 22 heavy (non-hydrogen) atoms. The summed E-state index contributed by atoms with van der Waals surface area (Å²) in [5, 5.41) is 10.6. The minimum Gasteiger partial charge on any atom is -0.493 e. The average molecular weight is 299 g/mol. The van der Waals surface area contributed by atoms with Gasteiger partial charge in [-0.05, 0) is 38.1 Å². The number of ether oxygens (including phenoxy) is 2. The van der Waals surface area contributed by atoms with Gasteiger partial charge < -0.3 is 19.5 Å². The van der Waals surface area contributed by atoms with Gasteiger partial charge in [-0.2, -0.15) is 0 Å². The molecule has 0 unspecified atom stereocenters. The number of piperidine rings is 1. The first-order chi connectivity index (χ1) is 10.7. The van der Waals surface area contributed by atoms with Gasteiger partial charge in [0.1, 0.15) is 12.2 Å². The number of hydrogen-bond acceptors (Lipinski definition) is 4. The molecule has 0 aromatic heterocycles. The van der Waals surface area contributed by atoms with E-state index in [0.29, 0.717) is 12.0 Å². The van der Waals surface area contributed by atoms with Crippen molar-refractivity contribution >= 4 is 0 Å². The second kappa shape index (κ2) is 4.06. The van der Waals surface area contributed by atoms with Gasteiger partial charge in [-0.25, -0.2) is 0 Å². The van der Waals surface area contributed by atoms with E-state index in [-0.39, 0.29) is 11.5 Å². The van der Waals surface area contributed by atoms with E-state index >= 15 is 0 Å². The average Bonchev–Trinajstić information content (AvgIpc) is 2.88. The number of hydrogen-bond donors (Lipinski definition) is 1. The lowest BCUT2D eigenvalue weighted by molar-refractivity contribution is -0.0453. The first-order valence-electron chi connectivity index (χ1n) is 8.10. The van der Waals surface area contributed by atoms with Crippen molar-refractivity contribution in [2.75, 3.05) is 20.7 Å². The number of methoxy groups -OCH3 is 1. The van der Waals surface area contributed by atoms with Gasteiger partial charge in [0.05, 0.1) is 7.11 Å². The van der Waals surface area contributed by atoms with Gasteiger partial charge >= 0.3 is 0 Å². The van der Waals surface area contributed by atoms with Crippen molar-refractivity contribution in [3.63, 3.8) is 0 Å². The first kappa shape index (κ1) is 13.0. The summed E-state index contributed by atoms with van der Waals surface area (Å²) in [4.78, 5) is 2.47. The number of aliphatic hydroxyl groups is 1. The Balaban J connectivity index is 1.82. The summed E-state index contributed by atoms with van der Waals surface area (Å²) in [5.41, 5.74) is 2.60. The zero-order valence-electron chi connectivity index (χ0n) is 13.0. The maximum atomic E-state index is 10.6. The Hall–Kier alpha value is -1.52. The molecule has 0 amide bonds. The third-order valence-corrected chi connectivity index (χ3v) is 6.35. The lowest BCUT2D eigenvalue weighted by Gasteiger charge is -2.56. The van der Waals surface area contributed by atoms with Gasteiger partial charge in [0.15, 0.2) is 11.5 Å². The SMILES string of the molecule is COc1ccc2c3c1O[C@@H]1[C@H](O)C=C[C@@H]4[C@H](C2)N(C)CC[C@@]341. The highest BCUT2D eigenvalue weighted by Crippen LogP contribution is 2.62. The standard InChI is InChI=1S/C18H21NO3/c1-19-8-7-18-11-4-5-13(20)17(18)22-16-14(21-2)6-3-10(15(16)18)9-12(11)19/h3-6,11-13,17,20H,7-9H2,1-2H3/t11-,12+,13-,17-,18+/m1/s1. The maximum Gasteiger partial charge on any atom is 0.165 e. The molecule has 116 valence electrons. The molecule has 1 aromatic carbocycles. The zero-order chi connectivity index (χ0) is 15.1. The zero-order valence-corrected chi connectivity index (χ0v) is 13.0. The van der Waals surface area contributed by atoms with E-state index in [1.165, 1.54) is 11.1 Å². The van der Waals surface area contributed by atoms with Crippen LogP contribution in [0.15, 0.2) is 24.3 Å². The Bertz CT molecular complexity index is 685. The molecule has 1 N–H and O–H groups in total. The van der Waals surface area contributed by atoms with Crippen LogP contribution in [0, 0.1) is 5.92 Å². The molecule has 1 aromatic rings. The Kier molecular flexibility index (Phi) is 2.39. The van der Waals surface area contributed by atoms with E-state index in [1.54, 1.807) is 7.11 Å². The van der Waals surface area contributed by atoms with E-state index in [9.17, 15) is 5.11 Å². The largest absolute Gasteiger partial charge is 0.493 e. The number of nitrogens with zero attached hydrogens (tertiary/aromatic N) is 1. The van der Waals surface area contributed by atoms with E-state index < -0.39 is 6.10 Å². The second-order valence-corrected chi connectivity index (χ2v) is 7.11. The molecule has 2 aliphatic carbocycles. The second-order valence-electron chi connectivity index (χ2n) is 7.11. The van der Waals surface area contributed by atoms with Gasteiger partial charge in [-0.3, -0.25) is 0 Å². The van der Waals surface area contributed by atoms with Crippen LogP contribution in [0.5, 0.6) is 11.5 Å². The Morgan fingerprint density at radius 1 is 1.36 bits per heavy atom. The number of benzene rings is 1. The molecule has 4 heteroatoms. The van der Waals surface area contributed by atoms with Gasteiger partial charge in [-0.15, -0.1) is 0 Å². The monoisotopic (exact) mass is 299 g/mol. The smallest absolute Gasteiger partial charge is 0.165 e. The fraction of sp³-hybridized carbons (Fsp3) is 0.556. The van der Waals surface area contributed by atoms with Crippen molar-refractivity contribution in [1.29, 1.82) is 0 Å². The lowest BCUT2D eigenvalue weighted by Crippen LogP contribution is -2.64. The van der Waals surface area contributed by atoms with Crippen molar-refractivity contribution in [2.24, 2.45) is 5.92 Å². The van der Waals surface area contributed by atoms with Crippen LogP contribution in [-0.4, -0.2) is 49.0 Å². The van der Waals surface area contributed by atoms with Crippen molar-refractivity contribution in [3.8, 4) is 11.5 Å².